The molecule has 0 aromatic heterocycles. The first-order chi connectivity index (χ1) is 12.9. The Hall–Kier alpha value is -3.21. The number of rotatable bonds is 8. The van der Waals surface area contributed by atoms with Gasteiger partial charge in [0.25, 0.3) is 5.91 Å². The molecule has 0 saturated carbocycles. The van der Waals surface area contributed by atoms with Crippen LogP contribution < -0.4 is 5.32 Å². The van der Waals surface area contributed by atoms with Gasteiger partial charge in [-0.2, -0.15) is 0 Å². The number of carbonyl (C=O) groups is 3. The number of Topliss-reactive ketones (excluding diaryl/α,β-unsaturated/α-hetero) is 1. The lowest BCUT2D eigenvalue weighted by Crippen LogP contribution is -2.43. The minimum atomic E-state index is -0.651. The van der Waals surface area contributed by atoms with Gasteiger partial charge in [-0.3, -0.25) is 9.59 Å². The molecule has 0 spiro atoms. The number of hydrogen-bond donors (Lipinski definition) is 1. The Labute approximate surface area is 159 Å². The fourth-order valence-corrected chi connectivity index (χ4v) is 2.41. The van der Waals surface area contributed by atoms with Crippen LogP contribution >= 0.6 is 0 Å². The van der Waals surface area contributed by atoms with E-state index in [4.69, 9.17) is 4.74 Å². The van der Waals surface area contributed by atoms with Crippen LogP contribution in [-0.4, -0.2) is 30.3 Å². The lowest BCUT2D eigenvalue weighted by atomic mass is 10.0. The maximum absolute atomic E-state index is 12.0. The highest BCUT2D eigenvalue weighted by Crippen LogP contribution is 2.06. The summed E-state index contributed by atoms with van der Waals surface area (Å²) in [6.07, 6.45) is 3.28. The second kappa shape index (κ2) is 10.1. The fraction of sp³-hybridized carbons (Fsp3) is 0.227. The first-order valence-electron chi connectivity index (χ1n) is 8.69. The van der Waals surface area contributed by atoms with E-state index in [1.54, 1.807) is 6.08 Å². The van der Waals surface area contributed by atoms with Crippen molar-refractivity contribution in [3.05, 3.63) is 77.4 Å². The number of carbonyl (C=O) groups excluding carboxylic acids is 3. The van der Waals surface area contributed by atoms with E-state index in [1.165, 1.54) is 13.0 Å². The maximum atomic E-state index is 12.0. The molecular formula is C22H23NO4. The van der Waals surface area contributed by atoms with Gasteiger partial charge in [0.1, 0.15) is 0 Å². The van der Waals surface area contributed by atoms with Crippen LogP contribution in [0.3, 0.4) is 0 Å². The molecule has 0 fully saturated rings. The second-order valence-corrected chi connectivity index (χ2v) is 6.27. The first-order valence-corrected chi connectivity index (χ1v) is 8.69. The van der Waals surface area contributed by atoms with Gasteiger partial charge < -0.3 is 10.1 Å². The second-order valence-electron chi connectivity index (χ2n) is 6.27. The van der Waals surface area contributed by atoms with E-state index in [9.17, 15) is 14.4 Å². The van der Waals surface area contributed by atoms with Crippen LogP contribution in [0.1, 0.15) is 23.6 Å². The van der Waals surface area contributed by atoms with E-state index in [-0.39, 0.29) is 5.78 Å². The summed E-state index contributed by atoms with van der Waals surface area (Å²) in [6, 6.07) is 16.4. The summed E-state index contributed by atoms with van der Waals surface area (Å²) in [6.45, 7) is 2.96. The minimum Gasteiger partial charge on any atom is -0.452 e. The number of amides is 1. The SMILES string of the molecule is CC(=O)C(Cc1ccccc1)NC(=O)COC(=O)C=Cc1ccc(C)cc1. The molecular weight excluding hydrogens is 342 g/mol. The zero-order valence-corrected chi connectivity index (χ0v) is 15.5. The Kier molecular flexibility index (Phi) is 7.49. The maximum Gasteiger partial charge on any atom is 0.331 e. The van der Waals surface area contributed by atoms with Crippen LogP contribution in [0, 0.1) is 6.92 Å². The average molecular weight is 365 g/mol. The molecule has 2 aromatic carbocycles. The van der Waals surface area contributed by atoms with Gasteiger partial charge in [-0.05, 0) is 37.5 Å². The largest absolute Gasteiger partial charge is 0.452 e. The zero-order valence-electron chi connectivity index (χ0n) is 15.5. The van der Waals surface area contributed by atoms with Crippen molar-refractivity contribution in [3.63, 3.8) is 0 Å². The highest BCUT2D eigenvalue weighted by molar-refractivity contribution is 5.91. The summed E-state index contributed by atoms with van der Waals surface area (Å²) in [5, 5.41) is 2.61. The van der Waals surface area contributed by atoms with Crippen molar-refractivity contribution in [2.24, 2.45) is 0 Å². The van der Waals surface area contributed by atoms with E-state index in [0.29, 0.717) is 6.42 Å². The van der Waals surface area contributed by atoms with E-state index >= 15 is 0 Å². The molecule has 1 unspecified atom stereocenters. The Morgan fingerprint density at radius 2 is 1.70 bits per heavy atom. The monoisotopic (exact) mass is 365 g/mol. The van der Waals surface area contributed by atoms with Gasteiger partial charge >= 0.3 is 5.97 Å². The highest BCUT2D eigenvalue weighted by Gasteiger charge is 2.18. The smallest absolute Gasteiger partial charge is 0.331 e. The van der Waals surface area contributed by atoms with Crippen LogP contribution in [0.25, 0.3) is 6.08 Å². The quantitative estimate of drug-likeness (QED) is 0.577. The number of ether oxygens (including phenoxy) is 1. The van der Waals surface area contributed by atoms with Gasteiger partial charge in [0, 0.05) is 6.08 Å². The molecule has 27 heavy (non-hydrogen) atoms. The molecule has 0 aliphatic carbocycles. The van der Waals surface area contributed by atoms with Gasteiger partial charge in [0.05, 0.1) is 6.04 Å². The number of hydrogen-bond acceptors (Lipinski definition) is 4. The molecule has 0 aliphatic rings. The Bertz CT molecular complexity index is 810. The summed E-state index contributed by atoms with van der Waals surface area (Å²) in [7, 11) is 0. The fourth-order valence-electron chi connectivity index (χ4n) is 2.41. The van der Waals surface area contributed by atoms with Crippen molar-refractivity contribution in [2.45, 2.75) is 26.3 Å². The molecule has 0 saturated heterocycles. The highest BCUT2D eigenvalue weighted by atomic mass is 16.5. The molecule has 1 amide bonds. The summed E-state index contributed by atoms with van der Waals surface area (Å²) >= 11 is 0. The number of benzene rings is 2. The Morgan fingerprint density at radius 1 is 1.04 bits per heavy atom. The van der Waals surface area contributed by atoms with Crippen molar-refractivity contribution in [2.75, 3.05) is 6.61 Å². The molecule has 5 nitrogen and oxygen atoms in total. The van der Waals surface area contributed by atoms with Crippen molar-refractivity contribution >= 4 is 23.7 Å². The lowest BCUT2D eigenvalue weighted by Gasteiger charge is -2.16. The van der Waals surface area contributed by atoms with Crippen molar-refractivity contribution < 1.29 is 19.1 Å². The summed E-state index contributed by atoms with van der Waals surface area (Å²) < 4.78 is 4.93. The van der Waals surface area contributed by atoms with Crippen molar-refractivity contribution in [1.29, 1.82) is 0 Å². The topological polar surface area (TPSA) is 72.5 Å². The van der Waals surface area contributed by atoms with E-state index in [2.05, 4.69) is 5.32 Å². The molecule has 1 atom stereocenters. The molecule has 5 heteroatoms. The third-order valence-electron chi connectivity index (χ3n) is 3.94. The molecule has 140 valence electrons. The molecule has 2 rings (SSSR count). The van der Waals surface area contributed by atoms with Crippen molar-refractivity contribution in [1.82, 2.24) is 5.32 Å². The van der Waals surface area contributed by atoms with E-state index < -0.39 is 24.5 Å². The van der Waals surface area contributed by atoms with Gasteiger partial charge in [-0.1, -0.05) is 60.2 Å². The number of aryl methyl sites for hydroxylation is 1. The predicted octanol–water partition coefficient (Wildman–Crippen LogP) is 2.87. The molecule has 2 aromatic rings. The van der Waals surface area contributed by atoms with Crippen LogP contribution in [0.5, 0.6) is 0 Å². The van der Waals surface area contributed by atoms with E-state index in [0.717, 1.165) is 16.7 Å². The number of esters is 1. The lowest BCUT2D eigenvalue weighted by molar-refractivity contribution is -0.144. The number of ketones is 1. The standard InChI is InChI=1S/C22H23NO4/c1-16-8-10-18(11-9-16)12-13-22(26)27-15-21(25)23-20(17(2)24)14-19-6-4-3-5-7-19/h3-13,20H,14-15H2,1-2H3,(H,23,25). The molecule has 1 N–H and O–H groups in total. The van der Waals surface area contributed by atoms with Gasteiger partial charge in [-0.25, -0.2) is 4.79 Å². The Morgan fingerprint density at radius 3 is 2.33 bits per heavy atom. The Balaban J connectivity index is 1.81. The van der Waals surface area contributed by atoms with Gasteiger partial charge in [0.15, 0.2) is 12.4 Å². The summed E-state index contributed by atoms with van der Waals surface area (Å²) in [5.41, 5.74) is 2.93. The number of nitrogens with one attached hydrogen (secondary N) is 1. The molecule has 0 heterocycles. The van der Waals surface area contributed by atoms with E-state index in [1.807, 2.05) is 61.5 Å². The van der Waals surface area contributed by atoms with Gasteiger partial charge in [-0.15, -0.1) is 0 Å². The predicted molar refractivity (Wildman–Crippen MR) is 104 cm³/mol. The summed E-state index contributed by atoms with van der Waals surface area (Å²) in [4.78, 5) is 35.5. The van der Waals surface area contributed by atoms with Crippen LogP contribution in [-0.2, 0) is 25.5 Å². The van der Waals surface area contributed by atoms with Crippen LogP contribution in [0.2, 0.25) is 0 Å². The average Bonchev–Trinajstić information content (AvgIpc) is 2.66. The third-order valence-corrected chi connectivity index (χ3v) is 3.94. The first kappa shape index (κ1) is 20.1. The molecule has 0 aliphatic heterocycles. The third kappa shape index (κ3) is 7.28. The van der Waals surface area contributed by atoms with Crippen molar-refractivity contribution in [3.8, 4) is 0 Å². The zero-order chi connectivity index (χ0) is 19.6. The minimum absolute atomic E-state index is 0.155. The molecule has 0 bridgehead atoms. The van der Waals surface area contributed by atoms with Crippen LogP contribution in [0.15, 0.2) is 60.7 Å². The molecule has 0 radical (unpaired) electrons. The van der Waals surface area contributed by atoms with Gasteiger partial charge in [0.2, 0.25) is 0 Å². The normalized spacial score (nSPS) is 11.8. The summed E-state index contributed by atoms with van der Waals surface area (Å²) in [5.74, 6) is -1.28. The van der Waals surface area contributed by atoms with Crippen LogP contribution in [0.4, 0.5) is 0 Å².